The maximum Gasteiger partial charge on any atom is 0.271 e. The molecule has 2 aliphatic rings. The lowest BCUT2D eigenvalue weighted by molar-refractivity contribution is -0.122. The summed E-state index contributed by atoms with van der Waals surface area (Å²) in [4.78, 5) is 24.0. The third-order valence-electron chi connectivity index (χ3n) is 4.59. The predicted molar refractivity (Wildman–Crippen MR) is 82.3 cm³/mol. The van der Waals surface area contributed by atoms with E-state index in [1.807, 2.05) is 0 Å². The Bertz CT molecular complexity index is 528. The van der Waals surface area contributed by atoms with Crippen molar-refractivity contribution in [3.05, 3.63) is 18.0 Å². The smallest absolute Gasteiger partial charge is 0.271 e. The Kier molecular flexibility index (Phi) is 4.75. The zero-order chi connectivity index (χ0) is 15.4. The number of aromatic nitrogens is 2. The fourth-order valence-electron chi connectivity index (χ4n) is 3.39. The van der Waals surface area contributed by atoms with Crippen LogP contribution in [0.1, 0.15) is 61.9 Å². The Morgan fingerprint density at radius 2 is 1.64 bits per heavy atom. The van der Waals surface area contributed by atoms with Crippen molar-refractivity contribution in [2.75, 3.05) is 0 Å². The lowest BCUT2D eigenvalue weighted by atomic mass is 10.2. The van der Waals surface area contributed by atoms with E-state index in [2.05, 4.69) is 15.7 Å². The molecule has 6 heteroatoms. The van der Waals surface area contributed by atoms with Crippen molar-refractivity contribution >= 4 is 11.8 Å². The van der Waals surface area contributed by atoms with Crippen LogP contribution in [-0.2, 0) is 11.3 Å². The Balaban J connectivity index is 1.49. The standard InChI is InChI=1S/C16H24N4O2/c21-15(17-12-5-1-2-6-12)11-20-10-9-14(19-20)16(22)18-13-7-3-4-8-13/h9-10,12-13H,1-8,11H2,(H,17,21)(H,18,22). The molecule has 0 unspecified atom stereocenters. The molecule has 120 valence electrons. The highest BCUT2D eigenvalue weighted by atomic mass is 16.2. The van der Waals surface area contributed by atoms with Gasteiger partial charge in [-0.2, -0.15) is 5.10 Å². The average molecular weight is 304 g/mol. The van der Waals surface area contributed by atoms with Crippen LogP contribution < -0.4 is 10.6 Å². The van der Waals surface area contributed by atoms with Crippen molar-refractivity contribution < 1.29 is 9.59 Å². The number of carbonyl (C=O) groups is 2. The molecule has 0 bridgehead atoms. The lowest BCUT2D eigenvalue weighted by Gasteiger charge is -2.12. The van der Waals surface area contributed by atoms with Crippen molar-refractivity contribution in [1.82, 2.24) is 20.4 Å². The SMILES string of the molecule is O=C(Cn1ccc(C(=O)NC2CCCC2)n1)NC1CCCC1. The molecule has 2 aliphatic carbocycles. The van der Waals surface area contributed by atoms with Gasteiger partial charge in [-0.15, -0.1) is 0 Å². The molecule has 2 amide bonds. The van der Waals surface area contributed by atoms with Gasteiger partial charge in [0.25, 0.3) is 5.91 Å². The maximum absolute atomic E-state index is 12.1. The van der Waals surface area contributed by atoms with E-state index in [-0.39, 0.29) is 24.4 Å². The molecule has 6 nitrogen and oxygen atoms in total. The van der Waals surface area contributed by atoms with Crippen molar-refractivity contribution in [2.24, 2.45) is 0 Å². The maximum atomic E-state index is 12.1. The van der Waals surface area contributed by atoms with Gasteiger partial charge in [0.05, 0.1) is 0 Å². The predicted octanol–water partition coefficient (Wildman–Crippen LogP) is 1.61. The van der Waals surface area contributed by atoms with E-state index < -0.39 is 0 Å². The number of rotatable bonds is 5. The number of amides is 2. The first-order chi connectivity index (χ1) is 10.7. The molecule has 2 saturated carbocycles. The average Bonchev–Trinajstić information content (AvgIpc) is 3.19. The zero-order valence-corrected chi connectivity index (χ0v) is 12.9. The first-order valence-electron chi connectivity index (χ1n) is 8.34. The van der Waals surface area contributed by atoms with E-state index in [0.29, 0.717) is 11.7 Å². The number of hydrogen-bond acceptors (Lipinski definition) is 3. The van der Waals surface area contributed by atoms with Crippen LogP contribution >= 0.6 is 0 Å². The van der Waals surface area contributed by atoms with E-state index in [4.69, 9.17) is 0 Å². The molecule has 0 spiro atoms. The Morgan fingerprint density at radius 3 is 2.27 bits per heavy atom. The Labute approximate surface area is 130 Å². The van der Waals surface area contributed by atoms with Gasteiger partial charge in [-0.25, -0.2) is 0 Å². The molecular formula is C16H24N4O2. The van der Waals surface area contributed by atoms with Gasteiger partial charge < -0.3 is 10.6 Å². The van der Waals surface area contributed by atoms with Crippen molar-refractivity contribution in [3.63, 3.8) is 0 Å². The summed E-state index contributed by atoms with van der Waals surface area (Å²) in [6, 6.07) is 2.27. The normalized spacial score (nSPS) is 19.5. The van der Waals surface area contributed by atoms with Crippen LogP contribution in [0, 0.1) is 0 Å². The van der Waals surface area contributed by atoms with Crippen LogP contribution in [0.3, 0.4) is 0 Å². The highest BCUT2D eigenvalue weighted by Crippen LogP contribution is 2.18. The number of nitrogens with zero attached hydrogens (tertiary/aromatic N) is 2. The molecule has 1 aromatic rings. The van der Waals surface area contributed by atoms with Crippen LogP contribution in [0.4, 0.5) is 0 Å². The quantitative estimate of drug-likeness (QED) is 0.868. The minimum absolute atomic E-state index is 0.0299. The van der Waals surface area contributed by atoms with Crippen LogP contribution in [-0.4, -0.2) is 33.7 Å². The summed E-state index contributed by atoms with van der Waals surface area (Å²) >= 11 is 0. The number of carbonyl (C=O) groups excluding carboxylic acids is 2. The fraction of sp³-hybridized carbons (Fsp3) is 0.688. The highest BCUT2D eigenvalue weighted by molar-refractivity contribution is 5.92. The molecule has 22 heavy (non-hydrogen) atoms. The number of nitrogens with one attached hydrogen (secondary N) is 2. The van der Waals surface area contributed by atoms with E-state index in [9.17, 15) is 9.59 Å². The summed E-state index contributed by atoms with van der Waals surface area (Å²) in [5.41, 5.74) is 0.389. The van der Waals surface area contributed by atoms with Gasteiger partial charge in [0.1, 0.15) is 12.2 Å². The van der Waals surface area contributed by atoms with Crippen LogP contribution in [0.15, 0.2) is 12.3 Å². The summed E-state index contributed by atoms with van der Waals surface area (Å²) in [7, 11) is 0. The lowest BCUT2D eigenvalue weighted by Crippen LogP contribution is -2.35. The van der Waals surface area contributed by atoms with Gasteiger partial charge in [-0.3, -0.25) is 14.3 Å². The van der Waals surface area contributed by atoms with Gasteiger partial charge >= 0.3 is 0 Å². The van der Waals surface area contributed by atoms with Gasteiger partial charge in [0, 0.05) is 18.3 Å². The van der Waals surface area contributed by atoms with Gasteiger partial charge in [-0.1, -0.05) is 25.7 Å². The van der Waals surface area contributed by atoms with Gasteiger partial charge in [0.2, 0.25) is 5.91 Å². The summed E-state index contributed by atoms with van der Waals surface area (Å²) in [5.74, 6) is -0.167. The molecule has 2 fully saturated rings. The van der Waals surface area contributed by atoms with Crippen LogP contribution in [0.5, 0.6) is 0 Å². The summed E-state index contributed by atoms with van der Waals surface area (Å²) < 4.78 is 1.54. The molecule has 0 radical (unpaired) electrons. The van der Waals surface area contributed by atoms with E-state index in [0.717, 1.165) is 25.7 Å². The first kappa shape index (κ1) is 15.1. The van der Waals surface area contributed by atoms with Gasteiger partial charge in [-0.05, 0) is 31.7 Å². The summed E-state index contributed by atoms with van der Waals surface area (Å²) in [6.07, 6.45) is 10.7. The highest BCUT2D eigenvalue weighted by Gasteiger charge is 2.20. The molecular weight excluding hydrogens is 280 g/mol. The molecule has 0 atom stereocenters. The summed E-state index contributed by atoms with van der Waals surface area (Å²) in [6.45, 7) is 0.174. The molecule has 0 aromatic carbocycles. The third-order valence-corrected chi connectivity index (χ3v) is 4.59. The van der Waals surface area contributed by atoms with E-state index in [1.165, 1.54) is 30.4 Å². The van der Waals surface area contributed by atoms with E-state index in [1.54, 1.807) is 12.3 Å². The minimum atomic E-state index is -0.137. The monoisotopic (exact) mass is 304 g/mol. The third kappa shape index (κ3) is 3.87. The van der Waals surface area contributed by atoms with Crippen LogP contribution in [0.25, 0.3) is 0 Å². The molecule has 2 N–H and O–H groups in total. The Morgan fingerprint density at radius 1 is 1.05 bits per heavy atom. The molecule has 0 aliphatic heterocycles. The van der Waals surface area contributed by atoms with Crippen molar-refractivity contribution in [1.29, 1.82) is 0 Å². The largest absolute Gasteiger partial charge is 0.352 e. The molecule has 0 saturated heterocycles. The second-order valence-corrected chi connectivity index (χ2v) is 6.40. The van der Waals surface area contributed by atoms with E-state index >= 15 is 0 Å². The Hall–Kier alpha value is -1.85. The first-order valence-corrected chi connectivity index (χ1v) is 8.34. The topological polar surface area (TPSA) is 76.0 Å². The zero-order valence-electron chi connectivity index (χ0n) is 12.9. The molecule has 1 heterocycles. The van der Waals surface area contributed by atoms with Crippen LogP contribution in [0.2, 0.25) is 0 Å². The van der Waals surface area contributed by atoms with Crippen molar-refractivity contribution in [2.45, 2.75) is 70.0 Å². The van der Waals surface area contributed by atoms with Crippen molar-refractivity contribution in [3.8, 4) is 0 Å². The summed E-state index contributed by atoms with van der Waals surface area (Å²) in [5, 5.41) is 10.2. The minimum Gasteiger partial charge on any atom is -0.352 e. The molecule has 1 aromatic heterocycles. The molecule has 3 rings (SSSR count). The second kappa shape index (κ2) is 6.94. The second-order valence-electron chi connectivity index (χ2n) is 6.40. The fourth-order valence-corrected chi connectivity index (χ4v) is 3.39. The number of hydrogen-bond donors (Lipinski definition) is 2. The van der Waals surface area contributed by atoms with Gasteiger partial charge in [0.15, 0.2) is 0 Å².